The van der Waals surface area contributed by atoms with Crippen molar-refractivity contribution in [2.45, 2.75) is 46.2 Å². The Morgan fingerprint density at radius 3 is 2.89 bits per heavy atom. The van der Waals surface area contributed by atoms with E-state index in [1.54, 1.807) is 6.92 Å². The van der Waals surface area contributed by atoms with Gasteiger partial charge in [0.25, 0.3) is 0 Å². The highest BCUT2D eigenvalue weighted by molar-refractivity contribution is 5.73. The zero-order valence-electron chi connectivity index (χ0n) is 12.2. The molecule has 0 radical (unpaired) electrons. The number of piperidine rings is 1. The highest BCUT2D eigenvalue weighted by Gasteiger charge is 2.20. The van der Waals surface area contributed by atoms with Crippen LogP contribution in [0.25, 0.3) is 0 Å². The molecule has 19 heavy (non-hydrogen) atoms. The predicted molar refractivity (Wildman–Crippen MR) is 78.0 cm³/mol. The van der Waals surface area contributed by atoms with E-state index in [1.807, 2.05) is 0 Å². The Morgan fingerprint density at radius 2 is 2.21 bits per heavy atom. The van der Waals surface area contributed by atoms with Crippen LogP contribution in [0.15, 0.2) is 18.2 Å². The number of nitrogens with zero attached hydrogens (tertiary/aromatic N) is 1. The number of carbonyl (C=O) groups is 1. The van der Waals surface area contributed by atoms with Gasteiger partial charge >= 0.3 is 0 Å². The van der Waals surface area contributed by atoms with E-state index in [-0.39, 0.29) is 5.91 Å². The number of rotatable bonds is 3. The van der Waals surface area contributed by atoms with Crippen LogP contribution in [-0.4, -0.2) is 29.9 Å². The van der Waals surface area contributed by atoms with E-state index < -0.39 is 0 Å². The van der Waals surface area contributed by atoms with Crippen LogP contribution in [0.4, 0.5) is 0 Å². The van der Waals surface area contributed by atoms with Crippen molar-refractivity contribution in [1.82, 2.24) is 10.2 Å². The molecule has 1 atom stereocenters. The molecule has 0 aromatic heterocycles. The van der Waals surface area contributed by atoms with Gasteiger partial charge in [0.15, 0.2) is 0 Å². The van der Waals surface area contributed by atoms with E-state index in [9.17, 15) is 4.79 Å². The summed E-state index contributed by atoms with van der Waals surface area (Å²) < 4.78 is 0. The Bertz CT molecular complexity index is 456. The molecule has 1 N–H and O–H groups in total. The Morgan fingerprint density at radius 1 is 1.42 bits per heavy atom. The maximum atomic E-state index is 11.1. The van der Waals surface area contributed by atoms with E-state index in [2.05, 4.69) is 42.3 Å². The van der Waals surface area contributed by atoms with Gasteiger partial charge in [0.2, 0.25) is 5.91 Å². The predicted octanol–water partition coefficient (Wildman–Crippen LogP) is 2.40. The number of aryl methyl sites for hydroxylation is 2. The van der Waals surface area contributed by atoms with E-state index in [1.165, 1.54) is 16.7 Å². The molecule has 1 aromatic carbocycles. The lowest BCUT2D eigenvalue weighted by Gasteiger charge is -2.33. The zero-order valence-corrected chi connectivity index (χ0v) is 12.2. The Hall–Kier alpha value is -1.35. The SMILES string of the molecule is CC(=O)NC1CCCN(Cc2ccc(C)cc2C)C1. The Balaban J connectivity index is 1.96. The summed E-state index contributed by atoms with van der Waals surface area (Å²) >= 11 is 0. The number of hydrogen-bond acceptors (Lipinski definition) is 2. The van der Waals surface area contributed by atoms with Crippen molar-refractivity contribution in [1.29, 1.82) is 0 Å². The van der Waals surface area contributed by atoms with Gasteiger partial charge in [0.1, 0.15) is 0 Å². The number of nitrogens with one attached hydrogen (secondary N) is 1. The molecule has 1 saturated heterocycles. The lowest BCUT2D eigenvalue weighted by Crippen LogP contribution is -2.46. The second-order valence-electron chi connectivity index (χ2n) is 5.70. The largest absolute Gasteiger partial charge is 0.352 e. The molecular formula is C16H24N2O. The number of hydrogen-bond donors (Lipinski definition) is 1. The fourth-order valence-electron chi connectivity index (χ4n) is 2.87. The molecule has 2 rings (SSSR count). The van der Waals surface area contributed by atoms with Gasteiger partial charge in [-0.05, 0) is 44.4 Å². The van der Waals surface area contributed by atoms with Crippen LogP contribution < -0.4 is 5.32 Å². The standard InChI is InChI=1S/C16H24N2O/c1-12-6-7-15(13(2)9-12)10-18-8-4-5-16(11-18)17-14(3)19/h6-7,9,16H,4-5,8,10-11H2,1-3H3,(H,17,19). The van der Waals surface area contributed by atoms with Crippen LogP contribution in [0.2, 0.25) is 0 Å². The topological polar surface area (TPSA) is 32.3 Å². The first kappa shape index (κ1) is 14.1. The van der Waals surface area contributed by atoms with Crippen molar-refractivity contribution in [3.63, 3.8) is 0 Å². The van der Waals surface area contributed by atoms with E-state index >= 15 is 0 Å². The van der Waals surface area contributed by atoms with Crippen LogP contribution in [-0.2, 0) is 11.3 Å². The van der Waals surface area contributed by atoms with Crippen molar-refractivity contribution in [3.05, 3.63) is 34.9 Å². The quantitative estimate of drug-likeness (QED) is 0.905. The molecule has 1 aromatic rings. The molecule has 3 nitrogen and oxygen atoms in total. The smallest absolute Gasteiger partial charge is 0.217 e. The van der Waals surface area contributed by atoms with E-state index in [0.717, 1.165) is 32.5 Å². The number of benzene rings is 1. The van der Waals surface area contributed by atoms with Gasteiger partial charge in [0, 0.05) is 26.1 Å². The first-order chi connectivity index (χ1) is 9.04. The summed E-state index contributed by atoms with van der Waals surface area (Å²) in [6.07, 6.45) is 2.26. The minimum Gasteiger partial charge on any atom is -0.352 e. The maximum Gasteiger partial charge on any atom is 0.217 e. The lowest BCUT2D eigenvalue weighted by atomic mass is 10.0. The highest BCUT2D eigenvalue weighted by Crippen LogP contribution is 2.17. The molecular weight excluding hydrogens is 236 g/mol. The lowest BCUT2D eigenvalue weighted by molar-refractivity contribution is -0.120. The molecule has 0 bridgehead atoms. The third kappa shape index (κ3) is 4.06. The minimum atomic E-state index is 0.0818. The summed E-state index contributed by atoms with van der Waals surface area (Å²) in [5, 5.41) is 3.04. The third-order valence-corrected chi connectivity index (χ3v) is 3.80. The molecule has 0 spiro atoms. The van der Waals surface area contributed by atoms with Crippen molar-refractivity contribution < 1.29 is 4.79 Å². The van der Waals surface area contributed by atoms with Crippen LogP contribution in [0, 0.1) is 13.8 Å². The summed E-state index contributed by atoms with van der Waals surface area (Å²) in [5.41, 5.74) is 4.08. The maximum absolute atomic E-state index is 11.1. The normalized spacial score (nSPS) is 20.3. The molecule has 1 amide bonds. The fourth-order valence-corrected chi connectivity index (χ4v) is 2.87. The second-order valence-corrected chi connectivity index (χ2v) is 5.70. The van der Waals surface area contributed by atoms with Crippen molar-refractivity contribution >= 4 is 5.91 Å². The van der Waals surface area contributed by atoms with Crippen molar-refractivity contribution in [3.8, 4) is 0 Å². The van der Waals surface area contributed by atoms with Crippen LogP contribution >= 0.6 is 0 Å². The van der Waals surface area contributed by atoms with Crippen molar-refractivity contribution in [2.24, 2.45) is 0 Å². The molecule has 0 saturated carbocycles. The van der Waals surface area contributed by atoms with E-state index in [0.29, 0.717) is 6.04 Å². The molecule has 104 valence electrons. The molecule has 3 heteroatoms. The minimum absolute atomic E-state index is 0.0818. The second kappa shape index (κ2) is 6.20. The summed E-state index contributed by atoms with van der Waals surface area (Å²) in [4.78, 5) is 13.6. The Labute approximate surface area is 116 Å². The molecule has 1 heterocycles. The average molecular weight is 260 g/mol. The Kier molecular flexibility index (Phi) is 4.59. The molecule has 1 fully saturated rings. The van der Waals surface area contributed by atoms with Crippen LogP contribution in [0.5, 0.6) is 0 Å². The van der Waals surface area contributed by atoms with Gasteiger partial charge in [-0.3, -0.25) is 9.69 Å². The van der Waals surface area contributed by atoms with E-state index in [4.69, 9.17) is 0 Å². The summed E-state index contributed by atoms with van der Waals surface area (Å²) in [7, 11) is 0. The molecule has 0 aliphatic carbocycles. The number of amides is 1. The monoisotopic (exact) mass is 260 g/mol. The summed E-state index contributed by atoms with van der Waals surface area (Å²) in [6, 6.07) is 6.96. The summed E-state index contributed by atoms with van der Waals surface area (Å²) in [6.45, 7) is 8.99. The highest BCUT2D eigenvalue weighted by atomic mass is 16.1. The molecule has 1 aliphatic heterocycles. The van der Waals surface area contributed by atoms with Crippen LogP contribution in [0.3, 0.4) is 0 Å². The summed E-state index contributed by atoms with van der Waals surface area (Å²) in [5.74, 6) is 0.0818. The van der Waals surface area contributed by atoms with Crippen LogP contribution in [0.1, 0.15) is 36.5 Å². The van der Waals surface area contributed by atoms with Gasteiger partial charge in [-0.2, -0.15) is 0 Å². The van der Waals surface area contributed by atoms with Gasteiger partial charge < -0.3 is 5.32 Å². The van der Waals surface area contributed by atoms with Gasteiger partial charge in [-0.15, -0.1) is 0 Å². The zero-order chi connectivity index (χ0) is 13.8. The molecule has 1 aliphatic rings. The fraction of sp³-hybridized carbons (Fsp3) is 0.562. The third-order valence-electron chi connectivity index (χ3n) is 3.80. The number of likely N-dealkylation sites (tertiary alicyclic amines) is 1. The number of carbonyl (C=O) groups excluding carboxylic acids is 1. The van der Waals surface area contributed by atoms with Gasteiger partial charge in [-0.1, -0.05) is 23.8 Å². The van der Waals surface area contributed by atoms with Gasteiger partial charge in [0.05, 0.1) is 0 Å². The average Bonchev–Trinajstić information content (AvgIpc) is 2.32. The first-order valence-corrected chi connectivity index (χ1v) is 7.10. The first-order valence-electron chi connectivity index (χ1n) is 7.10. The van der Waals surface area contributed by atoms with Gasteiger partial charge in [-0.25, -0.2) is 0 Å². The molecule has 1 unspecified atom stereocenters. The van der Waals surface area contributed by atoms with Crippen molar-refractivity contribution in [2.75, 3.05) is 13.1 Å².